The molecule has 31 heavy (non-hydrogen) atoms. The number of hydrogen-bond acceptors (Lipinski definition) is 8. The van der Waals surface area contributed by atoms with Gasteiger partial charge in [0.05, 0.1) is 11.0 Å². The summed E-state index contributed by atoms with van der Waals surface area (Å²) < 4.78 is 29.4. The molecule has 1 atom stereocenters. The fourth-order valence-corrected chi connectivity index (χ4v) is 4.33. The highest BCUT2D eigenvalue weighted by atomic mass is 32.2. The highest BCUT2D eigenvalue weighted by molar-refractivity contribution is 7.99. The van der Waals surface area contributed by atoms with Crippen molar-refractivity contribution in [2.45, 2.75) is 38.2 Å². The van der Waals surface area contributed by atoms with E-state index >= 15 is 0 Å². The number of esters is 1. The van der Waals surface area contributed by atoms with E-state index < -0.39 is 25.2 Å². The third kappa shape index (κ3) is 8.61. The van der Waals surface area contributed by atoms with Crippen molar-refractivity contribution in [3.8, 4) is 11.5 Å². The molecule has 0 radical (unpaired) electrons. The topological polar surface area (TPSA) is 117 Å². The Bertz CT molecular complexity index is 920. The number of non-ortho nitro benzene ring substituents is 1. The number of thioether (sulfide) groups is 1. The molecule has 11 heteroatoms. The van der Waals surface area contributed by atoms with E-state index in [2.05, 4.69) is 12.0 Å². The zero-order valence-electron chi connectivity index (χ0n) is 17.5. The lowest BCUT2D eigenvalue weighted by Crippen LogP contribution is -2.28. The molecular weight excluding hydrogens is 443 g/mol. The number of nitro groups is 1. The standard InChI is InChI=1S/C20H25N2O7PS/c1-4-13-31-19-11-9-18(10-12-19)29-30(26,21-14-20(23)27-15(2)3)28-17-7-5-16(6-8-17)22(24)25/h5-12,15H,4,13-14H2,1-3H3,(H,21,26). The van der Waals surface area contributed by atoms with Crippen LogP contribution < -0.4 is 14.1 Å². The second-order valence-electron chi connectivity index (χ2n) is 6.62. The maximum Gasteiger partial charge on any atom is 0.513 e. The lowest BCUT2D eigenvalue weighted by molar-refractivity contribution is -0.384. The Morgan fingerprint density at radius 2 is 1.65 bits per heavy atom. The van der Waals surface area contributed by atoms with Gasteiger partial charge in [-0.1, -0.05) is 6.92 Å². The van der Waals surface area contributed by atoms with E-state index in [1.165, 1.54) is 24.3 Å². The molecule has 1 N–H and O–H groups in total. The lowest BCUT2D eigenvalue weighted by Gasteiger charge is -2.20. The maximum absolute atomic E-state index is 13.3. The van der Waals surface area contributed by atoms with Crippen LogP contribution in [-0.2, 0) is 14.1 Å². The molecule has 0 saturated heterocycles. The fourth-order valence-electron chi connectivity index (χ4n) is 2.27. The summed E-state index contributed by atoms with van der Waals surface area (Å²) in [6, 6.07) is 12.0. The van der Waals surface area contributed by atoms with Crippen LogP contribution in [0.15, 0.2) is 53.4 Å². The van der Waals surface area contributed by atoms with Crippen LogP contribution in [0.3, 0.4) is 0 Å². The van der Waals surface area contributed by atoms with Crippen LogP contribution in [0.5, 0.6) is 11.5 Å². The second kappa shape index (κ2) is 11.7. The summed E-state index contributed by atoms with van der Waals surface area (Å²) in [6.45, 7) is 5.07. The van der Waals surface area contributed by atoms with Crippen molar-refractivity contribution in [3.05, 3.63) is 58.6 Å². The van der Waals surface area contributed by atoms with Gasteiger partial charge in [0.25, 0.3) is 5.69 Å². The van der Waals surface area contributed by atoms with Crippen molar-refractivity contribution in [2.75, 3.05) is 12.3 Å². The number of nitrogens with one attached hydrogen (secondary N) is 1. The molecule has 0 bridgehead atoms. The number of rotatable bonds is 12. The zero-order valence-corrected chi connectivity index (χ0v) is 19.2. The largest absolute Gasteiger partial charge is 0.513 e. The second-order valence-corrected chi connectivity index (χ2v) is 9.47. The minimum absolute atomic E-state index is 0.0776. The number of hydrogen-bond donors (Lipinski definition) is 1. The Balaban J connectivity index is 2.16. The van der Waals surface area contributed by atoms with E-state index in [-0.39, 0.29) is 23.3 Å². The Morgan fingerprint density at radius 3 is 2.13 bits per heavy atom. The van der Waals surface area contributed by atoms with Gasteiger partial charge in [-0.15, -0.1) is 11.8 Å². The van der Waals surface area contributed by atoms with Gasteiger partial charge in [-0.3, -0.25) is 14.9 Å². The summed E-state index contributed by atoms with van der Waals surface area (Å²) in [7, 11) is -4.06. The van der Waals surface area contributed by atoms with E-state index in [1.807, 2.05) is 12.1 Å². The third-order valence-electron chi connectivity index (χ3n) is 3.58. The van der Waals surface area contributed by atoms with Crippen LogP contribution >= 0.6 is 19.5 Å². The number of ether oxygens (including phenoxy) is 1. The van der Waals surface area contributed by atoms with Crippen LogP contribution in [-0.4, -0.2) is 29.3 Å². The van der Waals surface area contributed by atoms with Gasteiger partial charge in [0.1, 0.15) is 18.0 Å². The fraction of sp³-hybridized carbons (Fsp3) is 0.350. The van der Waals surface area contributed by atoms with E-state index in [9.17, 15) is 19.5 Å². The maximum atomic E-state index is 13.3. The molecule has 1 unspecified atom stereocenters. The molecule has 0 amide bonds. The highest BCUT2D eigenvalue weighted by Gasteiger charge is 2.30. The average molecular weight is 468 g/mol. The summed E-state index contributed by atoms with van der Waals surface area (Å²) in [5, 5.41) is 13.3. The first-order valence-electron chi connectivity index (χ1n) is 9.62. The molecular formula is C20H25N2O7PS. The quantitative estimate of drug-likeness (QED) is 0.147. The summed E-state index contributed by atoms with van der Waals surface area (Å²) in [4.78, 5) is 23.2. The summed E-state index contributed by atoms with van der Waals surface area (Å²) in [6.07, 6.45) is 0.704. The molecule has 2 rings (SSSR count). The third-order valence-corrected chi connectivity index (χ3v) is 6.25. The molecule has 0 saturated carbocycles. The number of nitro benzene ring substituents is 1. The Morgan fingerprint density at radius 1 is 1.10 bits per heavy atom. The Hall–Kier alpha value is -2.55. The van der Waals surface area contributed by atoms with Crippen molar-refractivity contribution in [1.82, 2.24) is 5.09 Å². The summed E-state index contributed by atoms with van der Waals surface area (Å²) >= 11 is 1.69. The number of nitrogens with zero attached hydrogens (tertiary/aromatic N) is 1. The van der Waals surface area contributed by atoms with Crippen LogP contribution in [0.25, 0.3) is 0 Å². The molecule has 0 aliphatic rings. The highest BCUT2D eigenvalue weighted by Crippen LogP contribution is 2.45. The molecule has 0 spiro atoms. The van der Waals surface area contributed by atoms with Gasteiger partial charge in [-0.25, -0.2) is 4.57 Å². The van der Waals surface area contributed by atoms with E-state index in [4.69, 9.17) is 13.8 Å². The van der Waals surface area contributed by atoms with E-state index in [0.29, 0.717) is 0 Å². The number of benzene rings is 2. The Kier molecular flexibility index (Phi) is 9.36. The molecule has 168 valence electrons. The minimum Gasteiger partial charge on any atom is -0.462 e. The molecule has 0 fully saturated rings. The normalized spacial score (nSPS) is 12.8. The average Bonchev–Trinajstić information content (AvgIpc) is 2.72. The van der Waals surface area contributed by atoms with Gasteiger partial charge in [0.2, 0.25) is 0 Å². The van der Waals surface area contributed by atoms with Gasteiger partial charge in [-0.05, 0) is 62.4 Å². The van der Waals surface area contributed by atoms with Gasteiger partial charge >= 0.3 is 13.7 Å². The van der Waals surface area contributed by atoms with Crippen LogP contribution in [0.2, 0.25) is 0 Å². The predicted octanol–water partition coefficient (Wildman–Crippen LogP) is 5.20. The van der Waals surface area contributed by atoms with Gasteiger partial charge in [0, 0.05) is 17.0 Å². The SMILES string of the molecule is CCCSc1ccc(OP(=O)(NCC(=O)OC(C)C)Oc2ccc([N+](=O)[O-])cc2)cc1. The number of carbonyl (C=O) groups is 1. The number of carbonyl (C=O) groups excluding carboxylic acids is 1. The first-order valence-corrected chi connectivity index (χ1v) is 12.1. The van der Waals surface area contributed by atoms with Crippen molar-refractivity contribution in [2.24, 2.45) is 0 Å². The Labute approximate surface area is 185 Å². The van der Waals surface area contributed by atoms with Crippen molar-refractivity contribution in [3.63, 3.8) is 0 Å². The summed E-state index contributed by atoms with van der Waals surface area (Å²) in [5.74, 6) is 0.698. The molecule has 9 nitrogen and oxygen atoms in total. The monoisotopic (exact) mass is 468 g/mol. The molecule has 2 aromatic carbocycles. The van der Waals surface area contributed by atoms with E-state index in [1.54, 1.807) is 37.7 Å². The van der Waals surface area contributed by atoms with Crippen LogP contribution in [0.4, 0.5) is 5.69 Å². The molecule has 0 aromatic heterocycles. The van der Waals surface area contributed by atoms with E-state index in [0.717, 1.165) is 17.1 Å². The van der Waals surface area contributed by atoms with Crippen molar-refractivity contribution in [1.29, 1.82) is 0 Å². The minimum atomic E-state index is -4.06. The smallest absolute Gasteiger partial charge is 0.462 e. The lowest BCUT2D eigenvalue weighted by atomic mass is 10.3. The van der Waals surface area contributed by atoms with Gasteiger partial charge < -0.3 is 13.8 Å². The summed E-state index contributed by atoms with van der Waals surface area (Å²) in [5.41, 5.74) is -0.142. The van der Waals surface area contributed by atoms with Gasteiger partial charge in [0.15, 0.2) is 0 Å². The van der Waals surface area contributed by atoms with Crippen molar-refractivity contribution < 1.29 is 28.1 Å². The first kappa shape index (κ1) is 24.7. The molecule has 0 aliphatic carbocycles. The predicted molar refractivity (Wildman–Crippen MR) is 119 cm³/mol. The molecule has 0 heterocycles. The molecule has 2 aromatic rings. The van der Waals surface area contributed by atoms with Crippen LogP contribution in [0.1, 0.15) is 27.2 Å². The zero-order chi connectivity index (χ0) is 22.9. The van der Waals surface area contributed by atoms with Crippen molar-refractivity contribution >= 4 is 31.2 Å². The first-order chi connectivity index (χ1) is 14.7. The van der Waals surface area contributed by atoms with Crippen LogP contribution in [0, 0.1) is 10.1 Å². The molecule has 0 aliphatic heterocycles. The van der Waals surface area contributed by atoms with Gasteiger partial charge in [-0.2, -0.15) is 5.09 Å².